The predicted octanol–water partition coefficient (Wildman–Crippen LogP) is 1.72. The van der Waals surface area contributed by atoms with Gasteiger partial charge in [0.25, 0.3) is 5.91 Å². The average molecular weight is 288 g/mol. The van der Waals surface area contributed by atoms with Crippen molar-refractivity contribution in [3.8, 4) is 0 Å². The van der Waals surface area contributed by atoms with Gasteiger partial charge in [0.15, 0.2) is 0 Å². The van der Waals surface area contributed by atoms with Crippen molar-refractivity contribution in [2.24, 2.45) is 5.41 Å². The lowest BCUT2D eigenvalue weighted by Crippen LogP contribution is -2.61. The summed E-state index contributed by atoms with van der Waals surface area (Å²) in [6, 6.07) is 5.45. The quantitative estimate of drug-likeness (QED) is 0.890. The first kappa shape index (κ1) is 14.1. The number of methoxy groups -OCH3 is 1. The molecule has 1 aliphatic carbocycles. The second-order valence-corrected chi connectivity index (χ2v) is 6.40. The van der Waals surface area contributed by atoms with Gasteiger partial charge in [-0.25, -0.2) is 0 Å². The van der Waals surface area contributed by atoms with Crippen molar-refractivity contribution in [1.82, 2.24) is 5.32 Å². The molecule has 1 heterocycles. The minimum atomic E-state index is -0.0928. The fourth-order valence-corrected chi connectivity index (χ4v) is 3.14. The number of ether oxygens (including phenoxy) is 1. The molecule has 2 N–H and O–H groups in total. The van der Waals surface area contributed by atoms with Crippen LogP contribution in [0, 0.1) is 5.41 Å². The minimum absolute atomic E-state index is 0.0226. The lowest BCUT2D eigenvalue weighted by atomic mass is 9.64. The van der Waals surface area contributed by atoms with Crippen molar-refractivity contribution in [3.63, 3.8) is 0 Å². The van der Waals surface area contributed by atoms with Gasteiger partial charge in [-0.05, 0) is 30.2 Å². The van der Waals surface area contributed by atoms with Crippen LogP contribution in [-0.2, 0) is 16.0 Å². The van der Waals surface area contributed by atoms with E-state index in [4.69, 9.17) is 4.74 Å². The van der Waals surface area contributed by atoms with E-state index >= 15 is 0 Å². The highest BCUT2D eigenvalue weighted by molar-refractivity contribution is 6.01. The monoisotopic (exact) mass is 288 g/mol. The number of carbonyl (C=O) groups is 2. The van der Waals surface area contributed by atoms with Crippen LogP contribution in [0.25, 0.3) is 0 Å². The van der Waals surface area contributed by atoms with Gasteiger partial charge in [0.2, 0.25) is 5.91 Å². The Morgan fingerprint density at radius 2 is 2.19 bits per heavy atom. The maximum absolute atomic E-state index is 12.4. The first-order valence-electron chi connectivity index (χ1n) is 7.18. The van der Waals surface area contributed by atoms with Gasteiger partial charge < -0.3 is 15.4 Å². The van der Waals surface area contributed by atoms with Crippen molar-refractivity contribution in [2.45, 2.75) is 38.8 Å². The molecule has 5 heteroatoms. The fourth-order valence-electron chi connectivity index (χ4n) is 3.14. The summed E-state index contributed by atoms with van der Waals surface area (Å²) in [6.45, 7) is 4.20. The van der Waals surface area contributed by atoms with Crippen LogP contribution in [0.15, 0.2) is 18.2 Å². The van der Waals surface area contributed by atoms with Crippen molar-refractivity contribution in [2.75, 3.05) is 12.4 Å². The molecule has 112 valence electrons. The van der Waals surface area contributed by atoms with Crippen LogP contribution in [0.2, 0.25) is 0 Å². The largest absolute Gasteiger partial charge is 0.381 e. The number of rotatable bonds is 3. The summed E-state index contributed by atoms with van der Waals surface area (Å²) in [5.74, 6) is -0.115. The van der Waals surface area contributed by atoms with Crippen molar-refractivity contribution < 1.29 is 14.3 Å². The number of benzene rings is 1. The van der Waals surface area contributed by atoms with E-state index in [-0.39, 0.29) is 29.4 Å². The molecular weight excluding hydrogens is 268 g/mol. The van der Waals surface area contributed by atoms with Crippen LogP contribution in [0.3, 0.4) is 0 Å². The molecule has 0 radical (unpaired) electrons. The Morgan fingerprint density at radius 3 is 2.86 bits per heavy atom. The Labute approximate surface area is 124 Å². The average Bonchev–Trinajstić information content (AvgIpc) is 2.81. The molecule has 1 saturated carbocycles. The maximum atomic E-state index is 12.4. The lowest BCUT2D eigenvalue weighted by molar-refractivity contribution is -0.115. The van der Waals surface area contributed by atoms with Gasteiger partial charge in [-0.3, -0.25) is 9.59 Å². The van der Waals surface area contributed by atoms with Gasteiger partial charge in [0, 0.05) is 29.8 Å². The Bertz CT molecular complexity index is 610. The predicted molar refractivity (Wildman–Crippen MR) is 79.2 cm³/mol. The Kier molecular flexibility index (Phi) is 3.24. The molecule has 2 amide bonds. The van der Waals surface area contributed by atoms with Crippen LogP contribution < -0.4 is 10.6 Å². The summed E-state index contributed by atoms with van der Waals surface area (Å²) in [6.07, 6.45) is 1.36. The molecule has 1 aromatic carbocycles. The summed E-state index contributed by atoms with van der Waals surface area (Å²) in [5.41, 5.74) is 2.23. The molecule has 0 aromatic heterocycles. The Morgan fingerprint density at radius 1 is 1.43 bits per heavy atom. The SMILES string of the molecule is COC1CC(NC(=O)c2ccc3c(c2)CC(=O)N3)C1(C)C. The van der Waals surface area contributed by atoms with Crippen molar-refractivity contribution in [3.05, 3.63) is 29.3 Å². The molecule has 0 spiro atoms. The standard InChI is InChI=1S/C16H20N2O3/c1-16(2)12(8-13(16)21-3)18-15(20)9-4-5-11-10(6-9)7-14(19)17-11/h4-6,12-13H,7-8H2,1-3H3,(H,17,19)(H,18,20). The number of nitrogens with one attached hydrogen (secondary N) is 2. The maximum Gasteiger partial charge on any atom is 0.251 e. The van der Waals surface area contributed by atoms with E-state index < -0.39 is 0 Å². The van der Waals surface area contributed by atoms with Crippen LogP contribution in [-0.4, -0.2) is 31.1 Å². The molecule has 3 rings (SSSR count). The number of fused-ring (bicyclic) bond motifs is 1. The third kappa shape index (κ3) is 2.31. The van der Waals surface area contributed by atoms with E-state index in [1.165, 1.54) is 0 Å². The molecule has 2 unspecified atom stereocenters. The number of anilines is 1. The Balaban J connectivity index is 1.70. The lowest BCUT2D eigenvalue weighted by Gasteiger charge is -2.51. The zero-order valence-electron chi connectivity index (χ0n) is 12.5. The highest BCUT2D eigenvalue weighted by Gasteiger charge is 2.49. The van der Waals surface area contributed by atoms with Crippen molar-refractivity contribution >= 4 is 17.5 Å². The minimum Gasteiger partial charge on any atom is -0.381 e. The topological polar surface area (TPSA) is 67.4 Å². The summed E-state index contributed by atoms with van der Waals surface area (Å²) < 4.78 is 5.39. The third-order valence-corrected chi connectivity index (χ3v) is 4.76. The second-order valence-electron chi connectivity index (χ2n) is 6.40. The fraction of sp³-hybridized carbons (Fsp3) is 0.500. The Hall–Kier alpha value is -1.88. The van der Waals surface area contributed by atoms with E-state index in [9.17, 15) is 9.59 Å². The van der Waals surface area contributed by atoms with Crippen LogP contribution >= 0.6 is 0 Å². The zero-order chi connectivity index (χ0) is 15.2. The van der Waals surface area contributed by atoms with Crippen LogP contribution in [0.5, 0.6) is 0 Å². The van der Waals surface area contributed by atoms with E-state index in [0.717, 1.165) is 17.7 Å². The second kappa shape index (κ2) is 4.84. The molecule has 1 aliphatic heterocycles. The summed E-state index contributed by atoms with van der Waals surface area (Å²) in [7, 11) is 1.70. The highest BCUT2D eigenvalue weighted by atomic mass is 16.5. The molecule has 1 fully saturated rings. The number of hydrogen-bond acceptors (Lipinski definition) is 3. The molecule has 2 aliphatic rings. The molecule has 2 atom stereocenters. The summed E-state index contributed by atoms with van der Waals surface area (Å²) >= 11 is 0. The molecule has 0 bridgehead atoms. The van der Waals surface area contributed by atoms with Crippen molar-refractivity contribution in [1.29, 1.82) is 0 Å². The molecule has 5 nitrogen and oxygen atoms in total. The first-order chi connectivity index (χ1) is 9.91. The molecule has 1 aromatic rings. The molecular formula is C16H20N2O3. The van der Waals surface area contributed by atoms with Gasteiger partial charge in [0.1, 0.15) is 0 Å². The number of hydrogen-bond donors (Lipinski definition) is 2. The number of amides is 2. The van der Waals surface area contributed by atoms with Gasteiger partial charge in [-0.2, -0.15) is 0 Å². The zero-order valence-corrected chi connectivity index (χ0v) is 12.5. The van der Waals surface area contributed by atoms with Gasteiger partial charge in [0.05, 0.1) is 12.5 Å². The van der Waals surface area contributed by atoms with Crippen LogP contribution in [0.4, 0.5) is 5.69 Å². The first-order valence-corrected chi connectivity index (χ1v) is 7.18. The van der Waals surface area contributed by atoms with E-state index in [1.54, 1.807) is 25.3 Å². The van der Waals surface area contributed by atoms with E-state index in [0.29, 0.717) is 12.0 Å². The van der Waals surface area contributed by atoms with E-state index in [1.807, 2.05) is 0 Å². The molecule has 21 heavy (non-hydrogen) atoms. The normalized spacial score (nSPS) is 25.8. The van der Waals surface area contributed by atoms with Crippen LogP contribution in [0.1, 0.15) is 36.2 Å². The third-order valence-electron chi connectivity index (χ3n) is 4.76. The van der Waals surface area contributed by atoms with E-state index in [2.05, 4.69) is 24.5 Å². The smallest absolute Gasteiger partial charge is 0.251 e. The van der Waals surface area contributed by atoms with Gasteiger partial charge in [-0.1, -0.05) is 13.8 Å². The van der Waals surface area contributed by atoms with Gasteiger partial charge >= 0.3 is 0 Å². The summed E-state index contributed by atoms with van der Waals surface area (Å²) in [4.78, 5) is 23.7. The highest BCUT2D eigenvalue weighted by Crippen LogP contribution is 2.42. The molecule has 0 saturated heterocycles. The van der Waals surface area contributed by atoms with Gasteiger partial charge in [-0.15, -0.1) is 0 Å². The number of carbonyl (C=O) groups excluding carboxylic acids is 2. The summed E-state index contributed by atoms with van der Waals surface area (Å²) in [5, 5.41) is 5.83.